The van der Waals surface area contributed by atoms with Gasteiger partial charge in [-0.25, -0.2) is 10.2 Å². The van der Waals surface area contributed by atoms with Crippen molar-refractivity contribution in [2.24, 2.45) is 5.10 Å². The van der Waals surface area contributed by atoms with Gasteiger partial charge in [0.15, 0.2) is 0 Å². The molecule has 0 saturated heterocycles. The van der Waals surface area contributed by atoms with Crippen LogP contribution in [0.15, 0.2) is 47.6 Å². The van der Waals surface area contributed by atoms with Crippen molar-refractivity contribution in [1.82, 2.24) is 5.43 Å². The molecule has 0 aromatic heterocycles. The van der Waals surface area contributed by atoms with Crippen LogP contribution in [0, 0.1) is 13.8 Å². The molecule has 7 nitrogen and oxygen atoms in total. The van der Waals surface area contributed by atoms with Crippen molar-refractivity contribution in [2.45, 2.75) is 13.8 Å². The third-order valence-electron chi connectivity index (χ3n) is 3.56. The van der Waals surface area contributed by atoms with E-state index in [1.807, 2.05) is 26.0 Å². The summed E-state index contributed by atoms with van der Waals surface area (Å²) >= 11 is 0. The Morgan fingerprint density at radius 2 is 1.69 bits per heavy atom. The lowest BCUT2D eigenvalue weighted by Crippen LogP contribution is -2.32. The van der Waals surface area contributed by atoms with Gasteiger partial charge in [-0.05, 0) is 48.7 Å². The number of methoxy groups -OCH3 is 1. The maximum absolute atomic E-state index is 11.9. The number of carbonyl (C=O) groups excluding carboxylic acids is 3. The Balaban J connectivity index is 1.93. The van der Waals surface area contributed by atoms with E-state index in [1.54, 1.807) is 30.3 Å². The molecule has 134 valence electrons. The minimum atomic E-state index is -0.881. The number of esters is 1. The zero-order chi connectivity index (χ0) is 19.1. The molecule has 0 aliphatic carbocycles. The molecule has 2 aromatic rings. The van der Waals surface area contributed by atoms with Crippen molar-refractivity contribution in [3.8, 4) is 0 Å². The molecule has 2 aromatic carbocycles. The smallest absolute Gasteiger partial charge is 0.337 e. The molecular weight excluding hydrogens is 334 g/mol. The SMILES string of the molecule is COC(=O)c1ccc(/C=N\NC(=O)C(=O)Nc2cc(C)ccc2C)cc1. The Kier molecular flexibility index (Phi) is 6.21. The molecule has 7 heteroatoms. The second kappa shape index (κ2) is 8.57. The summed E-state index contributed by atoms with van der Waals surface area (Å²) in [7, 11) is 1.30. The lowest BCUT2D eigenvalue weighted by molar-refractivity contribution is -0.136. The van der Waals surface area contributed by atoms with Gasteiger partial charge in [-0.15, -0.1) is 0 Å². The molecule has 0 bridgehead atoms. The second-order valence-corrected chi connectivity index (χ2v) is 5.59. The Morgan fingerprint density at radius 1 is 1.00 bits per heavy atom. The topological polar surface area (TPSA) is 96.9 Å². The van der Waals surface area contributed by atoms with Gasteiger partial charge in [0.2, 0.25) is 0 Å². The summed E-state index contributed by atoms with van der Waals surface area (Å²) in [6, 6.07) is 12.0. The quantitative estimate of drug-likeness (QED) is 0.381. The highest BCUT2D eigenvalue weighted by molar-refractivity contribution is 6.39. The van der Waals surface area contributed by atoms with E-state index in [9.17, 15) is 14.4 Å². The first-order chi connectivity index (χ1) is 12.4. The second-order valence-electron chi connectivity index (χ2n) is 5.59. The number of benzene rings is 2. The monoisotopic (exact) mass is 353 g/mol. The number of hydrazone groups is 1. The van der Waals surface area contributed by atoms with Gasteiger partial charge in [-0.2, -0.15) is 5.10 Å². The van der Waals surface area contributed by atoms with Crippen molar-refractivity contribution in [3.05, 3.63) is 64.7 Å². The predicted molar refractivity (Wildman–Crippen MR) is 98.1 cm³/mol. The van der Waals surface area contributed by atoms with E-state index in [-0.39, 0.29) is 0 Å². The molecule has 0 aliphatic heterocycles. The number of nitrogens with one attached hydrogen (secondary N) is 2. The van der Waals surface area contributed by atoms with Crippen LogP contribution in [0.5, 0.6) is 0 Å². The van der Waals surface area contributed by atoms with Crippen LogP contribution in [-0.2, 0) is 14.3 Å². The van der Waals surface area contributed by atoms with Crippen LogP contribution >= 0.6 is 0 Å². The van der Waals surface area contributed by atoms with Gasteiger partial charge in [0, 0.05) is 5.69 Å². The highest BCUT2D eigenvalue weighted by Crippen LogP contribution is 2.16. The van der Waals surface area contributed by atoms with E-state index in [0.717, 1.165) is 11.1 Å². The zero-order valence-electron chi connectivity index (χ0n) is 14.7. The van der Waals surface area contributed by atoms with Crippen LogP contribution in [0.3, 0.4) is 0 Å². The van der Waals surface area contributed by atoms with Crippen LogP contribution in [0.2, 0.25) is 0 Å². The number of rotatable bonds is 4. The van der Waals surface area contributed by atoms with Gasteiger partial charge >= 0.3 is 17.8 Å². The molecule has 2 amide bonds. The summed E-state index contributed by atoms with van der Waals surface area (Å²) in [6.07, 6.45) is 1.37. The summed E-state index contributed by atoms with van der Waals surface area (Å²) in [4.78, 5) is 35.1. The molecule has 0 heterocycles. The lowest BCUT2D eigenvalue weighted by Gasteiger charge is -2.08. The number of hydrogen-bond donors (Lipinski definition) is 2. The molecular formula is C19H19N3O4. The number of ether oxygens (including phenoxy) is 1. The average Bonchev–Trinajstić information content (AvgIpc) is 2.64. The first-order valence-electron chi connectivity index (χ1n) is 7.80. The maximum Gasteiger partial charge on any atom is 0.337 e. The first-order valence-corrected chi connectivity index (χ1v) is 7.80. The van der Waals surface area contributed by atoms with E-state index >= 15 is 0 Å². The van der Waals surface area contributed by atoms with E-state index in [4.69, 9.17) is 0 Å². The molecule has 0 fully saturated rings. The number of aryl methyl sites for hydroxylation is 2. The Morgan fingerprint density at radius 3 is 2.35 bits per heavy atom. The van der Waals surface area contributed by atoms with E-state index in [1.165, 1.54) is 13.3 Å². The minimum absolute atomic E-state index is 0.404. The average molecular weight is 353 g/mol. The summed E-state index contributed by atoms with van der Waals surface area (Å²) in [5.41, 5.74) is 5.61. The zero-order valence-corrected chi connectivity index (χ0v) is 14.7. The van der Waals surface area contributed by atoms with Crippen LogP contribution in [0.1, 0.15) is 27.0 Å². The Bertz CT molecular complexity index is 858. The van der Waals surface area contributed by atoms with Gasteiger partial charge in [-0.3, -0.25) is 9.59 Å². The summed E-state index contributed by atoms with van der Waals surface area (Å²) in [5, 5.41) is 6.29. The van der Waals surface area contributed by atoms with Gasteiger partial charge < -0.3 is 10.1 Å². The number of hydrogen-bond acceptors (Lipinski definition) is 5. The number of anilines is 1. The molecule has 0 radical (unpaired) electrons. The molecule has 2 rings (SSSR count). The fraction of sp³-hybridized carbons (Fsp3) is 0.158. The maximum atomic E-state index is 11.9. The largest absolute Gasteiger partial charge is 0.465 e. The third kappa shape index (κ3) is 5.01. The third-order valence-corrected chi connectivity index (χ3v) is 3.56. The van der Waals surface area contributed by atoms with Crippen molar-refractivity contribution < 1.29 is 19.1 Å². The normalized spacial score (nSPS) is 10.4. The summed E-state index contributed by atoms with van der Waals surface area (Å²) < 4.78 is 4.61. The van der Waals surface area contributed by atoms with Gasteiger partial charge in [0.25, 0.3) is 0 Å². The molecule has 2 N–H and O–H groups in total. The minimum Gasteiger partial charge on any atom is -0.465 e. The van der Waals surface area contributed by atoms with Gasteiger partial charge in [0.05, 0.1) is 18.9 Å². The number of nitrogens with zero attached hydrogens (tertiary/aromatic N) is 1. The van der Waals surface area contributed by atoms with Crippen LogP contribution < -0.4 is 10.7 Å². The predicted octanol–water partition coefficient (Wildman–Crippen LogP) is 2.18. The van der Waals surface area contributed by atoms with Crippen molar-refractivity contribution >= 4 is 29.7 Å². The lowest BCUT2D eigenvalue weighted by atomic mass is 10.1. The molecule has 26 heavy (non-hydrogen) atoms. The van der Waals surface area contributed by atoms with E-state index < -0.39 is 17.8 Å². The fourth-order valence-electron chi connectivity index (χ4n) is 2.09. The summed E-state index contributed by atoms with van der Waals surface area (Å²) in [6.45, 7) is 3.73. The van der Waals surface area contributed by atoms with Crippen LogP contribution in [0.25, 0.3) is 0 Å². The standard InChI is InChI=1S/C19H19N3O4/c1-12-4-5-13(2)16(10-12)21-17(23)18(24)22-20-11-14-6-8-15(9-7-14)19(25)26-3/h4-11H,1-3H3,(H,21,23)(H,22,24)/b20-11-. The van der Waals surface area contributed by atoms with E-state index in [2.05, 4.69) is 20.6 Å². The first kappa shape index (κ1) is 18.9. The molecule has 0 aliphatic rings. The van der Waals surface area contributed by atoms with Crippen molar-refractivity contribution in [2.75, 3.05) is 12.4 Å². The number of carbonyl (C=O) groups is 3. The highest BCUT2D eigenvalue weighted by Gasteiger charge is 2.14. The number of amides is 2. The molecule has 0 unspecified atom stereocenters. The fourth-order valence-corrected chi connectivity index (χ4v) is 2.09. The van der Waals surface area contributed by atoms with Crippen LogP contribution in [0.4, 0.5) is 5.69 Å². The summed E-state index contributed by atoms with van der Waals surface area (Å²) in [5.74, 6) is -2.13. The van der Waals surface area contributed by atoms with E-state index in [0.29, 0.717) is 16.8 Å². The van der Waals surface area contributed by atoms with Crippen molar-refractivity contribution in [1.29, 1.82) is 0 Å². The van der Waals surface area contributed by atoms with Gasteiger partial charge in [-0.1, -0.05) is 24.3 Å². The molecule has 0 spiro atoms. The van der Waals surface area contributed by atoms with Crippen LogP contribution in [-0.4, -0.2) is 31.1 Å². The Labute approximate surface area is 151 Å². The van der Waals surface area contributed by atoms with Crippen molar-refractivity contribution in [3.63, 3.8) is 0 Å². The highest BCUT2D eigenvalue weighted by atomic mass is 16.5. The van der Waals surface area contributed by atoms with Gasteiger partial charge in [0.1, 0.15) is 0 Å². The Hall–Kier alpha value is -3.48. The molecule has 0 atom stereocenters. The molecule has 0 saturated carbocycles.